The van der Waals surface area contributed by atoms with E-state index in [9.17, 15) is 22.8 Å². The summed E-state index contributed by atoms with van der Waals surface area (Å²) in [6.45, 7) is 6.90. The summed E-state index contributed by atoms with van der Waals surface area (Å²) in [5, 5.41) is 9.06. The van der Waals surface area contributed by atoms with E-state index in [2.05, 4.69) is 41.4 Å². The molecular weight excluding hydrogens is 625 g/mol. The van der Waals surface area contributed by atoms with Gasteiger partial charge in [-0.05, 0) is 44.9 Å². The highest BCUT2D eigenvalue weighted by atomic mass is 32.2. The van der Waals surface area contributed by atoms with Crippen molar-refractivity contribution in [1.29, 1.82) is 0 Å². The van der Waals surface area contributed by atoms with Crippen LogP contribution in [0, 0.1) is 11.8 Å². The van der Waals surface area contributed by atoms with Crippen LogP contribution in [0.2, 0.25) is 0 Å². The van der Waals surface area contributed by atoms with Gasteiger partial charge in [0.05, 0.1) is 11.7 Å². The van der Waals surface area contributed by atoms with Crippen molar-refractivity contribution >= 4 is 27.7 Å². The van der Waals surface area contributed by atoms with Gasteiger partial charge >= 0.3 is 0 Å². The van der Waals surface area contributed by atoms with Crippen LogP contribution in [-0.4, -0.2) is 56.6 Å². The van der Waals surface area contributed by atoms with Gasteiger partial charge in [-0.1, -0.05) is 130 Å². The summed E-state index contributed by atoms with van der Waals surface area (Å²) in [7, 11) is -3.58. The van der Waals surface area contributed by atoms with Gasteiger partial charge in [0.25, 0.3) is 0 Å². The molecule has 0 aromatic carbocycles. The van der Waals surface area contributed by atoms with Crippen molar-refractivity contribution in [2.75, 3.05) is 12.3 Å². The maximum absolute atomic E-state index is 13.3. The fourth-order valence-corrected chi connectivity index (χ4v) is 9.03. The molecule has 0 radical (unpaired) electrons. The average molecular weight is 697 g/mol. The van der Waals surface area contributed by atoms with E-state index in [0.29, 0.717) is 38.6 Å². The molecule has 2 heterocycles. The summed E-state index contributed by atoms with van der Waals surface area (Å²) >= 11 is 0. The molecule has 48 heavy (non-hydrogen) atoms. The van der Waals surface area contributed by atoms with Gasteiger partial charge in [0.15, 0.2) is 0 Å². The van der Waals surface area contributed by atoms with Gasteiger partial charge in [0.2, 0.25) is 27.7 Å². The van der Waals surface area contributed by atoms with Crippen LogP contribution in [0.5, 0.6) is 0 Å². The Bertz CT molecular complexity index is 1000. The second-order valence-corrected chi connectivity index (χ2v) is 16.6. The van der Waals surface area contributed by atoms with Gasteiger partial charge in [-0.15, -0.1) is 0 Å². The molecule has 0 aliphatic carbocycles. The first-order valence-corrected chi connectivity index (χ1v) is 21.7. The van der Waals surface area contributed by atoms with Crippen molar-refractivity contribution in [3.63, 3.8) is 0 Å². The SMILES string of the molecule is CCCCCCCCCCCCCCCCCCS(=O)(=O)N[C@H]1CCCNC(=O)C1[C@@H]1CCC(NC(=O)C(CCC)CCC)CC(=O)N1. The van der Waals surface area contributed by atoms with Gasteiger partial charge in [0, 0.05) is 37.0 Å². The molecular formula is C38H72N4O5S. The molecule has 2 aliphatic heterocycles. The third kappa shape index (κ3) is 17.8. The van der Waals surface area contributed by atoms with Crippen LogP contribution in [0.4, 0.5) is 0 Å². The van der Waals surface area contributed by atoms with E-state index in [4.69, 9.17) is 0 Å². The predicted octanol–water partition coefficient (Wildman–Crippen LogP) is 7.43. The van der Waals surface area contributed by atoms with Gasteiger partial charge in [-0.3, -0.25) is 14.4 Å². The fraction of sp³-hybridized carbons (Fsp3) is 0.921. The highest BCUT2D eigenvalue weighted by molar-refractivity contribution is 7.89. The third-order valence-corrected chi connectivity index (χ3v) is 11.8. The topological polar surface area (TPSA) is 133 Å². The molecule has 2 saturated heterocycles. The highest BCUT2D eigenvalue weighted by Crippen LogP contribution is 2.25. The Hall–Kier alpha value is -1.68. The zero-order chi connectivity index (χ0) is 35.0. The zero-order valence-electron chi connectivity index (χ0n) is 30.9. The molecule has 0 aromatic heterocycles. The van der Waals surface area contributed by atoms with Crippen LogP contribution in [-0.2, 0) is 24.4 Å². The summed E-state index contributed by atoms with van der Waals surface area (Å²) < 4.78 is 29.3. The molecule has 280 valence electrons. The number of rotatable bonds is 26. The molecule has 4 atom stereocenters. The molecule has 0 spiro atoms. The molecule has 2 fully saturated rings. The minimum atomic E-state index is -3.58. The highest BCUT2D eigenvalue weighted by Gasteiger charge is 2.41. The lowest BCUT2D eigenvalue weighted by molar-refractivity contribution is -0.127. The maximum Gasteiger partial charge on any atom is 0.226 e. The van der Waals surface area contributed by atoms with E-state index < -0.39 is 28.0 Å². The number of amides is 3. The van der Waals surface area contributed by atoms with Crippen molar-refractivity contribution in [3.05, 3.63) is 0 Å². The van der Waals surface area contributed by atoms with Gasteiger partial charge in [-0.2, -0.15) is 0 Å². The van der Waals surface area contributed by atoms with Crippen LogP contribution in [0.1, 0.15) is 181 Å². The minimum Gasteiger partial charge on any atom is -0.356 e. The van der Waals surface area contributed by atoms with Gasteiger partial charge < -0.3 is 16.0 Å². The van der Waals surface area contributed by atoms with Crippen LogP contribution < -0.4 is 20.7 Å². The lowest BCUT2D eigenvalue weighted by Gasteiger charge is -2.31. The van der Waals surface area contributed by atoms with Gasteiger partial charge in [-0.25, -0.2) is 13.1 Å². The van der Waals surface area contributed by atoms with Crippen molar-refractivity contribution < 1.29 is 22.8 Å². The molecule has 2 rings (SSSR count). The molecule has 4 N–H and O–H groups in total. The number of sulfonamides is 1. The fourth-order valence-electron chi connectivity index (χ4n) is 7.60. The molecule has 2 unspecified atom stereocenters. The van der Waals surface area contributed by atoms with Crippen LogP contribution >= 0.6 is 0 Å². The van der Waals surface area contributed by atoms with E-state index in [1.807, 2.05) is 0 Å². The molecule has 0 saturated carbocycles. The monoisotopic (exact) mass is 697 g/mol. The minimum absolute atomic E-state index is 0.00174. The smallest absolute Gasteiger partial charge is 0.226 e. The molecule has 9 nitrogen and oxygen atoms in total. The number of hydrogen-bond donors (Lipinski definition) is 4. The Morgan fingerprint density at radius 3 is 1.83 bits per heavy atom. The van der Waals surface area contributed by atoms with Crippen molar-refractivity contribution in [2.45, 2.75) is 199 Å². The Balaban J connectivity index is 1.75. The Kier molecular flexibility index (Phi) is 22.4. The summed E-state index contributed by atoms with van der Waals surface area (Å²) in [4.78, 5) is 39.2. The number of nitrogens with one attached hydrogen (secondary N) is 4. The zero-order valence-corrected chi connectivity index (χ0v) is 31.7. The molecule has 2 aliphatic rings. The number of unbranched alkanes of at least 4 members (excludes halogenated alkanes) is 15. The van der Waals surface area contributed by atoms with Crippen LogP contribution in [0.25, 0.3) is 0 Å². The summed E-state index contributed by atoms with van der Waals surface area (Å²) in [5.74, 6) is -1.12. The van der Waals surface area contributed by atoms with Gasteiger partial charge in [0.1, 0.15) is 0 Å². The Labute approximate surface area is 294 Å². The molecule has 0 aromatic rings. The van der Waals surface area contributed by atoms with Crippen molar-refractivity contribution in [3.8, 4) is 0 Å². The second kappa shape index (κ2) is 25.3. The van der Waals surface area contributed by atoms with E-state index in [-0.39, 0.29) is 41.9 Å². The average Bonchev–Trinajstić information content (AvgIpc) is 3.33. The maximum atomic E-state index is 13.3. The molecule has 0 bridgehead atoms. The standard InChI is InChI=1S/C38H72N4O5S/c1-4-7-8-9-10-11-12-13-14-15-16-17-18-19-20-21-29-48(46,47)42-34-25-22-28-39-38(45)36(34)33-27-26-32(30-35(43)41-33)40-37(44)31(23-5-2)24-6-3/h31-34,36,42H,4-30H2,1-3H3,(H,39,45)(H,40,44)(H,41,43)/t32?,33-,34-,36?/m0/s1. The summed E-state index contributed by atoms with van der Waals surface area (Å²) in [6.07, 6.45) is 25.7. The predicted molar refractivity (Wildman–Crippen MR) is 197 cm³/mol. The third-order valence-electron chi connectivity index (χ3n) is 10.4. The van der Waals surface area contributed by atoms with E-state index in [1.54, 1.807) is 0 Å². The number of carbonyl (C=O) groups is 3. The molecule has 3 amide bonds. The summed E-state index contributed by atoms with van der Waals surface area (Å²) in [6, 6.07) is -1.37. The Morgan fingerprint density at radius 2 is 1.29 bits per heavy atom. The quantitative estimate of drug-likeness (QED) is 0.0699. The first kappa shape index (κ1) is 42.5. The number of carbonyl (C=O) groups excluding carboxylic acids is 3. The first-order chi connectivity index (χ1) is 23.2. The lowest BCUT2D eigenvalue weighted by Crippen LogP contribution is -2.54. The van der Waals surface area contributed by atoms with Crippen LogP contribution in [0.3, 0.4) is 0 Å². The number of hydrogen-bond acceptors (Lipinski definition) is 5. The Morgan fingerprint density at radius 1 is 0.750 bits per heavy atom. The first-order valence-electron chi connectivity index (χ1n) is 20.1. The van der Waals surface area contributed by atoms with Crippen molar-refractivity contribution in [1.82, 2.24) is 20.7 Å². The largest absolute Gasteiger partial charge is 0.356 e. The lowest BCUT2D eigenvalue weighted by atomic mass is 9.86. The molecule has 10 heteroatoms. The van der Waals surface area contributed by atoms with E-state index in [1.165, 1.54) is 77.0 Å². The summed E-state index contributed by atoms with van der Waals surface area (Å²) in [5.41, 5.74) is 0. The normalized spacial score (nSPS) is 22.2. The second-order valence-electron chi connectivity index (χ2n) is 14.7. The van der Waals surface area contributed by atoms with E-state index >= 15 is 0 Å². The van der Waals surface area contributed by atoms with Crippen LogP contribution in [0.15, 0.2) is 0 Å². The van der Waals surface area contributed by atoms with E-state index in [0.717, 1.165) is 44.9 Å². The van der Waals surface area contributed by atoms with Crippen molar-refractivity contribution in [2.24, 2.45) is 11.8 Å².